The Bertz CT molecular complexity index is 503. The van der Waals surface area contributed by atoms with Crippen LogP contribution in [0.3, 0.4) is 0 Å². The van der Waals surface area contributed by atoms with Gasteiger partial charge in [-0.25, -0.2) is 4.98 Å². The van der Waals surface area contributed by atoms with Gasteiger partial charge in [-0.3, -0.25) is 0 Å². The molecule has 0 spiro atoms. The fourth-order valence-corrected chi connectivity index (χ4v) is 3.61. The van der Waals surface area contributed by atoms with Crippen LogP contribution in [0.15, 0.2) is 24.5 Å². The number of imidazole rings is 1. The summed E-state index contributed by atoms with van der Waals surface area (Å²) in [4.78, 5) is 4.65. The standard InChI is InChI=1S/C12H13ClN2S/c13-9-4-3-6-15-8-10(14-12(9)15)11-5-1-2-7-16-11/h3-4,6,8,11H,1-2,5,7H2. The van der Waals surface area contributed by atoms with Gasteiger partial charge in [-0.1, -0.05) is 18.0 Å². The quantitative estimate of drug-likeness (QED) is 0.765. The molecule has 1 saturated heterocycles. The lowest BCUT2D eigenvalue weighted by molar-refractivity contribution is 0.678. The van der Waals surface area contributed by atoms with E-state index < -0.39 is 0 Å². The average Bonchev–Trinajstić information content (AvgIpc) is 2.76. The first kappa shape index (κ1) is 10.5. The van der Waals surface area contributed by atoms with Crippen LogP contribution >= 0.6 is 23.4 Å². The topological polar surface area (TPSA) is 17.3 Å². The summed E-state index contributed by atoms with van der Waals surface area (Å²) in [5, 5.41) is 1.29. The molecule has 0 bridgehead atoms. The normalized spacial score (nSPS) is 21.4. The number of halogens is 1. The van der Waals surface area contributed by atoms with Crippen molar-refractivity contribution >= 4 is 29.0 Å². The van der Waals surface area contributed by atoms with Crippen LogP contribution in [0, 0.1) is 0 Å². The van der Waals surface area contributed by atoms with Gasteiger partial charge in [0.15, 0.2) is 5.65 Å². The fraction of sp³-hybridized carbons (Fsp3) is 0.417. The number of nitrogens with zero attached hydrogens (tertiary/aromatic N) is 2. The molecule has 1 atom stereocenters. The van der Waals surface area contributed by atoms with Crippen molar-refractivity contribution < 1.29 is 0 Å². The van der Waals surface area contributed by atoms with Gasteiger partial charge >= 0.3 is 0 Å². The molecule has 1 aliphatic rings. The van der Waals surface area contributed by atoms with Gasteiger partial charge in [0, 0.05) is 17.6 Å². The molecular weight excluding hydrogens is 240 g/mol. The minimum atomic E-state index is 0.560. The zero-order valence-electron chi connectivity index (χ0n) is 8.90. The van der Waals surface area contributed by atoms with Crippen LogP contribution in [0.5, 0.6) is 0 Å². The SMILES string of the molecule is Clc1cccn2cc(C3CCCCS3)nc12. The second-order valence-corrected chi connectivity index (χ2v) is 5.83. The summed E-state index contributed by atoms with van der Waals surface area (Å²) >= 11 is 8.14. The molecule has 0 aromatic carbocycles. The van der Waals surface area contributed by atoms with Crippen LogP contribution < -0.4 is 0 Å². The molecule has 1 unspecified atom stereocenters. The average molecular weight is 253 g/mol. The smallest absolute Gasteiger partial charge is 0.155 e. The zero-order chi connectivity index (χ0) is 11.0. The summed E-state index contributed by atoms with van der Waals surface area (Å²) in [7, 11) is 0. The minimum Gasteiger partial charge on any atom is -0.306 e. The molecule has 1 fully saturated rings. The second kappa shape index (κ2) is 4.30. The highest BCUT2D eigenvalue weighted by molar-refractivity contribution is 7.99. The first-order chi connectivity index (χ1) is 7.84. The lowest BCUT2D eigenvalue weighted by Crippen LogP contribution is -2.02. The van der Waals surface area contributed by atoms with Crippen molar-refractivity contribution in [3.63, 3.8) is 0 Å². The number of rotatable bonds is 1. The van der Waals surface area contributed by atoms with Gasteiger partial charge in [-0.05, 0) is 30.7 Å². The van der Waals surface area contributed by atoms with Gasteiger partial charge in [0.2, 0.25) is 0 Å². The molecule has 0 N–H and O–H groups in total. The lowest BCUT2D eigenvalue weighted by atomic mass is 10.1. The molecule has 3 rings (SSSR count). The maximum Gasteiger partial charge on any atom is 0.155 e. The van der Waals surface area contributed by atoms with E-state index in [1.165, 1.54) is 30.7 Å². The molecule has 0 saturated carbocycles. The molecule has 16 heavy (non-hydrogen) atoms. The molecule has 1 aliphatic heterocycles. The van der Waals surface area contributed by atoms with Gasteiger partial charge in [-0.2, -0.15) is 11.8 Å². The number of thioether (sulfide) groups is 1. The number of pyridine rings is 1. The first-order valence-electron chi connectivity index (χ1n) is 5.59. The van der Waals surface area contributed by atoms with Crippen molar-refractivity contribution in [1.29, 1.82) is 0 Å². The number of hydrogen-bond acceptors (Lipinski definition) is 2. The highest BCUT2D eigenvalue weighted by Crippen LogP contribution is 2.38. The molecule has 0 radical (unpaired) electrons. The molecule has 0 amide bonds. The van der Waals surface area contributed by atoms with Crippen molar-refractivity contribution in [3.05, 3.63) is 35.2 Å². The van der Waals surface area contributed by atoms with E-state index in [2.05, 4.69) is 11.2 Å². The summed E-state index contributed by atoms with van der Waals surface area (Å²) in [6, 6.07) is 3.84. The Balaban J connectivity index is 2.01. The van der Waals surface area contributed by atoms with Crippen LogP contribution in [0.1, 0.15) is 30.2 Å². The highest BCUT2D eigenvalue weighted by atomic mass is 35.5. The molecule has 0 aliphatic carbocycles. The van der Waals surface area contributed by atoms with E-state index in [0.29, 0.717) is 5.25 Å². The Hall–Kier alpha value is -0.670. The van der Waals surface area contributed by atoms with Crippen LogP contribution in [-0.2, 0) is 0 Å². The minimum absolute atomic E-state index is 0.560. The van der Waals surface area contributed by atoms with Crippen molar-refractivity contribution in [2.75, 3.05) is 5.75 Å². The summed E-state index contributed by atoms with van der Waals surface area (Å²) in [5.74, 6) is 1.26. The summed E-state index contributed by atoms with van der Waals surface area (Å²) in [5.41, 5.74) is 2.06. The van der Waals surface area contributed by atoms with Gasteiger partial charge in [0.25, 0.3) is 0 Å². The van der Waals surface area contributed by atoms with Crippen molar-refractivity contribution in [1.82, 2.24) is 9.38 Å². The van der Waals surface area contributed by atoms with Crippen LogP contribution in [-0.4, -0.2) is 15.1 Å². The number of fused-ring (bicyclic) bond motifs is 1. The summed E-state index contributed by atoms with van der Waals surface area (Å²) in [6.45, 7) is 0. The predicted molar refractivity (Wildman–Crippen MR) is 69.3 cm³/mol. The Morgan fingerprint density at radius 1 is 1.44 bits per heavy atom. The Morgan fingerprint density at radius 2 is 2.38 bits per heavy atom. The predicted octanol–water partition coefficient (Wildman–Crippen LogP) is 3.95. The van der Waals surface area contributed by atoms with E-state index in [1.807, 2.05) is 34.5 Å². The molecule has 2 aromatic rings. The Labute approximate surface area is 104 Å². The number of aromatic nitrogens is 2. The van der Waals surface area contributed by atoms with Crippen LogP contribution in [0.25, 0.3) is 5.65 Å². The third-order valence-corrected chi connectivity index (χ3v) is 4.66. The van der Waals surface area contributed by atoms with E-state index in [1.54, 1.807) is 0 Å². The molecule has 84 valence electrons. The fourth-order valence-electron chi connectivity index (χ4n) is 2.13. The van der Waals surface area contributed by atoms with Crippen LogP contribution in [0.4, 0.5) is 0 Å². The van der Waals surface area contributed by atoms with E-state index in [9.17, 15) is 0 Å². The van der Waals surface area contributed by atoms with Gasteiger partial charge in [0.1, 0.15) is 0 Å². The summed E-state index contributed by atoms with van der Waals surface area (Å²) in [6.07, 6.45) is 8.02. The molecule has 4 heteroatoms. The van der Waals surface area contributed by atoms with E-state index >= 15 is 0 Å². The summed E-state index contributed by atoms with van der Waals surface area (Å²) < 4.78 is 2.02. The first-order valence-corrected chi connectivity index (χ1v) is 7.02. The van der Waals surface area contributed by atoms with Gasteiger partial charge in [0.05, 0.1) is 10.7 Å². The van der Waals surface area contributed by atoms with Gasteiger partial charge < -0.3 is 4.40 Å². The third-order valence-electron chi connectivity index (χ3n) is 2.96. The van der Waals surface area contributed by atoms with Gasteiger partial charge in [-0.15, -0.1) is 0 Å². The van der Waals surface area contributed by atoms with Crippen molar-refractivity contribution in [2.24, 2.45) is 0 Å². The Morgan fingerprint density at radius 3 is 3.12 bits per heavy atom. The van der Waals surface area contributed by atoms with Crippen LogP contribution in [0.2, 0.25) is 5.02 Å². The van der Waals surface area contributed by atoms with E-state index in [4.69, 9.17) is 11.6 Å². The molecule has 3 heterocycles. The second-order valence-electron chi connectivity index (χ2n) is 4.11. The van der Waals surface area contributed by atoms with Crippen molar-refractivity contribution in [3.8, 4) is 0 Å². The third kappa shape index (κ3) is 1.82. The molecule has 2 nitrogen and oxygen atoms in total. The lowest BCUT2D eigenvalue weighted by Gasteiger charge is -2.18. The molecular formula is C12H13ClN2S. The molecule has 2 aromatic heterocycles. The maximum absolute atomic E-state index is 6.12. The highest BCUT2D eigenvalue weighted by Gasteiger charge is 2.19. The maximum atomic E-state index is 6.12. The van der Waals surface area contributed by atoms with E-state index in [-0.39, 0.29) is 0 Å². The Kier molecular flexibility index (Phi) is 2.82. The zero-order valence-corrected chi connectivity index (χ0v) is 10.5. The largest absolute Gasteiger partial charge is 0.306 e. The van der Waals surface area contributed by atoms with Crippen molar-refractivity contribution in [2.45, 2.75) is 24.5 Å². The van der Waals surface area contributed by atoms with E-state index in [0.717, 1.165) is 10.7 Å². The number of hydrogen-bond donors (Lipinski definition) is 0. The monoisotopic (exact) mass is 252 g/mol.